The molecule has 2 fully saturated rings. The Hall–Kier alpha value is -0.0800. The molecule has 0 spiro atoms. The van der Waals surface area contributed by atoms with E-state index in [1.165, 1.54) is 45.3 Å². The van der Waals surface area contributed by atoms with Gasteiger partial charge < -0.3 is 5.32 Å². The average Bonchev–Trinajstić information content (AvgIpc) is 2.23. The topological polar surface area (TPSA) is 15.3 Å². The van der Waals surface area contributed by atoms with Crippen molar-refractivity contribution in [3.8, 4) is 0 Å². The Morgan fingerprint density at radius 3 is 2.44 bits per heavy atom. The maximum atomic E-state index is 3.77. The maximum Gasteiger partial charge on any atom is 0.0198 e. The molecule has 0 bridgehead atoms. The molecule has 2 heteroatoms. The van der Waals surface area contributed by atoms with Crippen LogP contribution in [0.15, 0.2) is 0 Å². The molecule has 1 aliphatic heterocycles. The summed E-state index contributed by atoms with van der Waals surface area (Å²) in [4.78, 5) is 2.76. The van der Waals surface area contributed by atoms with Gasteiger partial charge in [0.1, 0.15) is 0 Å². The van der Waals surface area contributed by atoms with Crippen molar-refractivity contribution in [3.63, 3.8) is 0 Å². The molecule has 2 aliphatic rings. The number of nitrogens with zero attached hydrogens (tertiary/aromatic N) is 1. The second-order valence-electron chi connectivity index (χ2n) is 7.23. The van der Waals surface area contributed by atoms with Gasteiger partial charge in [0, 0.05) is 25.2 Å². The Balaban J connectivity index is 1.83. The van der Waals surface area contributed by atoms with Crippen molar-refractivity contribution in [2.24, 2.45) is 17.8 Å². The van der Waals surface area contributed by atoms with Gasteiger partial charge >= 0.3 is 0 Å². The Morgan fingerprint density at radius 2 is 1.89 bits per heavy atom. The van der Waals surface area contributed by atoms with Crippen LogP contribution in [0.2, 0.25) is 0 Å². The van der Waals surface area contributed by atoms with Crippen LogP contribution >= 0.6 is 0 Å². The van der Waals surface area contributed by atoms with Gasteiger partial charge in [-0.25, -0.2) is 0 Å². The van der Waals surface area contributed by atoms with Gasteiger partial charge in [-0.3, -0.25) is 4.90 Å². The molecule has 1 saturated heterocycles. The number of nitrogens with one attached hydrogen (secondary N) is 1. The van der Waals surface area contributed by atoms with Crippen LogP contribution in [0.5, 0.6) is 0 Å². The van der Waals surface area contributed by atoms with Gasteiger partial charge in [-0.1, -0.05) is 27.2 Å². The minimum absolute atomic E-state index is 0.721. The SMILES string of the molecule is CC(C)CNC1CC(C)CN(C(C)C2CCC2)C1. The zero-order valence-corrected chi connectivity index (χ0v) is 12.8. The van der Waals surface area contributed by atoms with Crippen molar-refractivity contribution in [3.05, 3.63) is 0 Å². The van der Waals surface area contributed by atoms with E-state index in [0.29, 0.717) is 0 Å². The summed E-state index contributed by atoms with van der Waals surface area (Å²) in [6.45, 7) is 13.2. The lowest BCUT2D eigenvalue weighted by Crippen LogP contribution is -2.54. The van der Waals surface area contributed by atoms with Crippen molar-refractivity contribution < 1.29 is 0 Å². The molecule has 106 valence electrons. The van der Waals surface area contributed by atoms with Crippen LogP contribution in [0.1, 0.15) is 53.4 Å². The van der Waals surface area contributed by atoms with Crippen LogP contribution in [0.4, 0.5) is 0 Å². The zero-order chi connectivity index (χ0) is 13.1. The fraction of sp³-hybridized carbons (Fsp3) is 1.00. The predicted octanol–water partition coefficient (Wildman–Crippen LogP) is 3.13. The highest BCUT2D eigenvalue weighted by Crippen LogP contribution is 2.33. The van der Waals surface area contributed by atoms with Crippen LogP contribution < -0.4 is 5.32 Å². The summed E-state index contributed by atoms with van der Waals surface area (Å²) >= 11 is 0. The molecule has 0 aromatic rings. The molecule has 3 unspecified atom stereocenters. The smallest absolute Gasteiger partial charge is 0.0198 e. The minimum atomic E-state index is 0.721. The van der Waals surface area contributed by atoms with E-state index in [1.54, 1.807) is 0 Å². The van der Waals surface area contributed by atoms with Crippen molar-refractivity contribution in [1.82, 2.24) is 10.2 Å². The van der Waals surface area contributed by atoms with E-state index < -0.39 is 0 Å². The summed E-state index contributed by atoms with van der Waals surface area (Å²) in [6.07, 6.45) is 5.76. The first kappa shape index (κ1) is 14.3. The highest BCUT2D eigenvalue weighted by molar-refractivity contribution is 4.89. The van der Waals surface area contributed by atoms with Gasteiger partial charge in [0.05, 0.1) is 0 Å². The average molecular weight is 252 g/mol. The lowest BCUT2D eigenvalue weighted by molar-refractivity contribution is 0.0552. The second kappa shape index (κ2) is 6.38. The molecule has 18 heavy (non-hydrogen) atoms. The molecule has 1 aliphatic carbocycles. The van der Waals surface area contributed by atoms with Gasteiger partial charge in [0.2, 0.25) is 0 Å². The summed E-state index contributed by atoms with van der Waals surface area (Å²) in [5, 5.41) is 3.77. The van der Waals surface area contributed by atoms with E-state index in [1.807, 2.05) is 0 Å². The number of rotatable bonds is 5. The van der Waals surface area contributed by atoms with Crippen LogP contribution in [0.25, 0.3) is 0 Å². The molecule has 3 atom stereocenters. The van der Waals surface area contributed by atoms with Crippen LogP contribution in [0, 0.1) is 17.8 Å². The molecule has 1 saturated carbocycles. The fourth-order valence-electron chi connectivity index (χ4n) is 3.50. The third-order valence-electron chi connectivity index (χ3n) is 4.91. The molecule has 0 aromatic carbocycles. The van der Waals surface area contributed by atoms with Crippen molar-refractivity contribution in [2.75, 3.05) is 19.6 Å². The number of hydrogen-bond donors (Lipinski definition) is 1. The Morgan fingerprint density at radius 1 is 1.17 bits per heavy atom. The monoisotopic (exact) mass is 252 g/mol. The second-order valence-corrected chi connectivity index (χ2v) is 7.23. The molecule has 0 radical (unpaired) electrons. The first-order chi connectivity index (χ1) is 8.56. The first-order valence-corrected chi connectivity index (χ1v) is 8.03. The van der Waals surface area contributed by atoms with E-state index in [9.17, 15) is 0 Å². The van der Waals surface area contributed by atoms with Gasteiger partial charge in [0.25, 0.3) is 0 Å². The number of hydrogen-bond acceptors (Lipinski definition) is 2. The molecule has 0 amide bonds. The molecular formula is C16H32N2. The van der Waals surface area contributed by atoms with Crippen molar-refractivity contribution in [2.45, 2.75) is 65.5 Å². The predicted molar refractivity (Wildman–Crippen MR) is 78.8 cm³/mol. The van der Waals surface area contributed by atoms with Gasteiger partial charge in [-0.2, -0.15) is 0 Å². The Kier molecular flexibility index (Phi) is 5.08. The number of piperidine rings is 1. The van der Waals surface area contributed by atoms with E-state index in [4.69, 9.17) is 0 Å². The summed E-state index contributed by atoms with van der Waals surface area (Å²) in [5.41, 5.74) is 0. The summed E-state index contributed by atoms with van der Waals surface area (Å²) < 4.78 is 0. The van der Waals surface area contributed by atoms with Crippen LogP contribution in [0.3, 0.4) is 0 Å². The summed E-state index contributed by atoms with van der Waals surface area (Å²) in [5.74, 6) is 2.60. The van der Waals surface area contributed by atoms with Gasteiger partial charge in [-0.05, 0) is 50.5 Å². The normalized spacial score (nSPS) is 32.5. The van der Waals surface area contributed by atoms with E-state index in [-0.39, 0.29) is 0 Å². The standard InChI is InChI=1S/C16H32N2/c1-12(2)9-17-16-8-13(3)10-18(11-16)14(4)15-6-5-7-15/h12-17H,5-11H2,1-4H3. The third kappa shape index (κ3) is 3.71. The molecule has 2 rings (SSSR count). The molecule has 0 aromatic heterocycles. The quantitative estimate of drug-likeness (QED) is 0.809. The fourth-order valence-corrected chi connectivity index (χ4v) is 3.50. The largest absolute Gasteiger partial charge is 0.312 e. The lowest BCUT2D eigenvalue weighted by Gasteiger charge is -2.45. The van der Waals surface area contributed by atoms with Gasteiger partial charge in [-0.15, -0.1) is 0 Å². The molecule has 1 heterocycles. The number of likely N-dealkylation sites (tertiary alicyclic amines) is 1. The molecule has 1 N–H and O–H groups in total. The van der Waals surface area contributed by atoms with E-state index in [0.717, 1.165) is 29.8 Å². The summed E-state index contributed by atoms with van der Waals surface area (Å²) in [7, 11) is 0. The molecular weight excluding hydrogens is 220 g/mol. The Labute approximate surface area is 114 Å². The highest BCUT2D eigenvalue weighted by Gasteiger charge is 2.33. The van der Waals surface area contributed by atoms with E-state index in [2.05, 4.69) is 37.9 Å². The van der Waals surface area contributed by atoms with Crippen molar-refractivity contribution in [1.29, 1.82) is 0 Å². The van der Waals surface area contributed by atoms with Crippen molar-refractivity contribution >= 4 is 0 Å². The van der Waals surface area contributed by atoms with Crippen LogP contribution in [-0.4, -0.2) is 36.6 Å². The van der Waals surface area contributed by atoms with Gasteiger partial charge in [0.15, 0.2) is 0 Å². The Bertz CT molecular complexity index is 247. The zero-order valence-electron chi connectivity index (χ0n) is 12.8. The summed E-state index contributed by atoms with van der Waals surface area (Å²) in [6, 6.07) is 1.53. The van der Waals surface area contributed by atoms with Crippen LogP contribution in [-0.2, 0) is 0 Å². The highest BCUT2D eigenvalue weighted by atomic mass is 15.2. The first-order valence-electron chi connectivity index (χ1n) is 8.03. The molecule has 2 nitrogen and oxygen atoms in total. The van der Waals surface area contributed by atoms with E-state index >= 15 is 0 Å². The maximum absolute atomic E-state index is 3.77. The lowest BCUT2D eigenvalue weighted by atomic mass is 9.79. The third-order valence-corrected chi connectivity index (χ3v) is 4.91. The minimum Gasteiger partial charge on any atom is -0.312 e.